The van der Waals surface area contributed by atoms with E-state index in [1.807, 2.05) is 0 Å². The lowest BCUT2D eigenvalue weighted by Gasteiger charge is -2.12. The lowest BCUT2D eigenvalue weighted by molar-refractivity contribution is 0.0696. The molecule has 2 N–H and O–H groups in total. The largest absolute Gasteiger partial charge is 0.478 e. The van der Waals surface area contributed by atoms with Crippen molar-refractivity contribution in [2.24, 2.45) is 0 Å². The minimum atomic E-state index is -1.00. The van der Waals surface area contributed by atoms with Gasteiger partial charge in [0.05, 0.1) is 11.1 Å². The summed E-state index contributed by atoms with van der Waals surface area (Å²) in [5.41, 5.74) is 1.11. The number of carbonyl (C=O) groups excluding carboxylic acids is 1. The first kappa shape index (κ1) is 16.0. The van der Waals surface area contributed by atoms with E-state index in [4.69, 9.17) is 9.84 Å². The predicted octanol–water partition coefficient (Wildman–Crippen LogP) is 3.35. The average molecular weight is 326 g/mol. The normalized spacial score (nSPS) is 14.3. The van der Waals surface area contributed by atoms with E-state index in [-0.39, 0.29) is 17.6 Å². The van der Waals surface area contributed by atoms with Gasteiger partial charge in [-0.2, -0.15) is 0 Å². The molecule has 0 radical (unpaired) electrons. The highest BCUT2D eigenvalue weighted by Gasteiger charge is 2.17. The second kappa shape index (κ2) is 7.12. The maximum Gasteiger partial charge on any atom is 0.335 e. The topological polar surface area (TPSA) is 88.5 Å². The van der Waals surface area contributed by atoms with Crippen LogP contribution in [-0.2, 0) is 0 Å². The second-order valence-electron chi connectivity index (χ2n) is 5.75. The van der Waals surface area contributed by atoms with Gasteiger partial charge in [-0.05, 0) is 56.0 Å². The molecule has 6 heteroatoms. The molecule has 1 amide bonds. The summed E-state index contributed by atoms with van der Waals surface area (Å²) >= 11 is 0. The van der Waals surface area contributed by atoms with Crippen molar-refractivity contribution >= 4 is 17.6 Å². The van der Waals surface area contributed by atoms with Gasteiger partial charge < -0.3 is 15.2 Å². The zero-order chi connectivity index (χ0) is 16.9. The number of ether oxygens (including phenoxy) is 1. The fraction of sp³-hybridized carbons (Fsp3) is 0.278. The Bertz CT molecular complexity index is 720. The maximum absolute atomic E-state index is 12.2. The van der Waals surface area contributed by atoms with Gasteiger partial charge in [-0.3, -0.25) is 4.79 Å². The van der Waals surface area contributed by atoms with E-state index in [9.17, 15) is 9.59 Å². The zero-order valence-electron chi connectivity index (χ0n) is 13.1. The van der Waals surface area contributed by atoms with Crippen LogP contribution in [0.2, 0.25) is 0 Å². The summed E-state index contributed by atoms with van der Waals surface area (Å²) in [6.45, 7) is 0. The molecule has 0 unspecified atom stereocenters. The predicted molar refractivity (Wildman–Crippen MR) is 88.5 cm³/mol. The summed E-state index contributed by atoms with van der Waals surface area (Å²) < 4.78 is 5.77. The summed E-state index contributed by atoms with van der Waals surface area (Å²) in [5, 5.41) is 11.6. The average Bonchev–Trinajstić information content (AvgIpc) is 3.09. The van der Waals surface area contributed by atoms with Crippen LogP contribution >= 0.6 is 0 Å². The summed E-state index contributed by atoms with van der Waals surface area (Å²) in [4.78, 5) is 27.2. The molecule has 24 heavy (non-hydrogen) atoms. The number of pyridine rings is 1. The van der Waals surface area contributed by atoms with Crippen LogP contribution in [0.15, 0.2) is 42.6 Å². The Balaban J connectivity index is 1.60. The van der Waals surface area contributed by atoms with Gasteiger partial charge in [-0.15, -0.1) is 0 Å². The van der Waals surface area contributed by atoms with Crippen LogP contribution in [0.4, 0.5) is 5.69 Å². The lowest BCUT2D eigenvalue weighted by Crippen LogP contribution is -2.14. The molecule has 1 aromatic heterocycles. The molecule has 6 nitrogen and oxygen atoms in total. The Morgan fingerprint density at radius 3 is 2.29 bits per heavy atom. The highest BCUT2D eigenvalue weighted by molar-refractivity contribution is 6.04. The molecule has 0 bridgehead atoms. The molecule has 1 heterocycles. The molecule has 124 valence electrons. The van der Waals surface area contributed by atoms with E-state index < -0.39 is 5.97 Å². The number of benzene rings is 1. The van der Waals surface area contributed by atoms with E-state index in [1.54, 1.807) is 24.3 Å². The minimum Gasteiger partial charge on any atom is -0.478 e. The number of rotatable bonds is 5. The van der Waals surface area contributed by atoms with Gasteiger partial charge in [0.15, 0.2) is 0 Å². The number of aromatic nitrogens is 1. The number of carboxylic acids is 1. The number of anilines is 1. The minimum absolute atomic E-state index is 0.170. The first-order chi connectivity index (χ1) is 11.6. The summed E-state index contributed by atoms with van der Waals surface area (Å²) in [6.07, 6.45) is 6.18. The molecule has 0 atom stereocenters. The van der Waals surface area contributed by atoms with E-state index in [0.29, 0.717) is 17.1 Å². The van der Waals surface area contributed by atoms with Crippen LogP contribution in [0.1, 0.15) is 46.4 Å². The Kier molecular flexibility index (Phi) is 4.74. The van der Waals surface area contributed by atoms with Crippen molar-refractivity contribution in [3.8, 4) is 5.88 Å². The number of carboxylic acid groups (broad SMARTS) is 1. The van der Waals surface area contributed by atoms with Crippen molar-refractivity contribution in [2.75, 3.05) is 5.32 Å². The third kappa shape index (κ3) is 3.90. The number of nitrogens with one attached hydrogen (secondary N) is 1. The Morgan fingerprint density at radius 1 is 1.04 bits per heavy atom. The van der Waals surface area contributed by atoms with Crippen LogP contribution in [0, 0.1) is 0 Å². The molecular formula is C18H18N2O4. The molecule has 0 saturated heterocycles. The summed E-state index contributed by atoms with van der Waals surface area (Å²) in [7, 11) is 0. The first-order valence-electron chi connectivity index (χ1n) is 7.89. The van der Waals surface area contributed by atoms with Crippen molar-refractivity contribution in [3.63, 3.8) is 0 Å². The van der Waals surface area contributed by atoms with Crippen molar-refractivity contribution < 1.29 is 19.4 Å². The van der Waals surface area contributed by atoms with Crippen LogP contribution < -0.4 is 10.1 Å². The molecule has 1 aromatic carbocycles. The fourth-order valence-corrected chi connectivity index (χ4v) is 2.66. The highest BCUT2D eigenvalue weighted by Crippen LogP contribution is 2.23. The number of carbonyl (C=O) groups is 2. The second-order valence-corrected chi connectivity index (χ2v) is 5.75. The van der Waals surface area contributed by atoms with Crippen LogP contribution in [-0.4, -0.2) is 28.1 Å². The van der Waals surface area contributed by atoms with E-state index in [0.717, 1.165) is 12.8 Å². The maximum atomic E-state index is 12.2. The van der Waals surface area contributed by atoms with Gasteiger partial charge in [0, 0.05) is 18.0 Å². The van der Waals surface area contributed by atoms with Gasteiger partial charge in [0.1, 0.15) is 6.10 Å². The van der Waals surface area contributed by atoms with Crippen LogP contribution in [0.3, 0.4) is 0 Å². The molecule has 3 rings (SSSR count). The molecule has 0 aliphatic heterocycles. The molecule has 2 aromatic rings. The van der Waals surface area contributed by atoms with E-state index in [1.165, 1.54) is 31.2 Å². The number of hydrogen-bond acceptors (Lipinski definition) is 4. The first-order valence-corrected chi connectivity index (χ1v) is 7.89. The summed E-state index contributed by atoms with van der Waals surface area (Å²) in [5.74, 6) is -0.780. The lowest BCUT2D eigenvalue weighted by atomic mass is 10.2. The van der Waals surface area contributed by atoms with Gasteiger partial charge in [-0.25, -0.2) is 9.78 Å². The van der Waals surface area contributed by atoms with Crippen LogP contribution in [0.25, 0.3) is 0 Å². The quantitative estimate of drug-likeness (QED) is 0.879. The molecule has 1 saturated carbocycles. The van der Waals surface area contributed by atoms with Crippen molar-refractivity contribution in [2.45, 2.75) is 31.8 Å². The third-order valence-electron chi connectivity index (χ3n) is 3.98. The van der Waals surface area contributed by atoms with Gasteiger partial charge in [0.2, 0.25) is 5.88 Å². The van der Waals surface area contributed by atoms with Gasteiger partial charge in [0.25, 0.3) is 5.91 Å². The van der Waals surface area contributed by atoms with Gasteiger partial charge in [-0.1, -0.05) is 0 Å². The Hall–Kier alpha value is -2.89. The molecule has 1 aliphatic rings. The van der Waals surface area contributed by atoms with Crippen molar-refractivity contribution in [1.82, 2.24) is 4.98 Å². The SMILES string of the molecule is O=C(O)c1ccc(NC(=O)c2ccc(OC3CCCC3)nc2)cc1. The van der Waals surface area contributed by atoms with Crippen molar-refractivity contribution in [3.05, 3.63) is 53.7 Å². The van der Waals surface area contributed by atoms with Gasteiger partial charge >= 0.3 is 5.97 Å². The molecule has 1 aliphatic carbocycles. The smallest absolute Gasteiger partial charge is 0.335 e. The third-order valence-corrected chi connectivity index (χ3v) is 3.98. The molecule has 0 spiro atoms. The Labute approximate surface area is 139 Å². The zero-order valence-corrected chi connectivity index (χ0v) is 13.1. The number of amides is 1. The van der Waals surface area contributed by atoms with E-state index >= 15 is 0 Å². The van der Waals surface area contributed by atoms with Crippen molar-refractivity contribution in [1.29, 1.82) is 0 Å². The summed E-state index contributed by atoms with van der Waals surface area (Å²) in [6, 6.07) is 9.33. The number of hydrogen-bond donors (Lipinski definition) is 2. The van der Waals surface area contributed by atoms with Crippen LogP contribution in [0.5, 0.6) is 5.88 Å². The fourth-order valence-electron chi connectivity index (χ4n) is 2.66. The number of aromatic carboxylic acids is 1. The van der Waals surface area contributed by atoms with E-state index in [2.05, 4.69) is 10.3 Å². The number of nitrogens with zero attached hydrogens (tertiary/aromatic N) is 1. The Morgan fingerprint density at radius 2 is 1.71 bits per heavy atom. The standard InChI is InChI=1S/C18H18N2O4/c21-17(20-14-8-5-12(6-9-14)18(22)23)13-7-10-16(19-11-13)24-15-3-1-2-4-15/h5-11,15H,1-4H2,(H,20,21)(H,22,23). The molecule has 1 fully saturated rings. The molecular weight excluding hydrogens is 308 g/mol. The highest BCUT2D eigenvalue weighted by atomic mass is 16.5. The monoisotopic (exact) mass is 326 g/mol.